The molecule has 5 heteroatoms. The van der Waals surface area contributed by atoms with Crippen molar-refractivity contribution in [3.8, 4) is 11.1 Å². The predicted octanol–water partition coefficient (Wildman–Crippen LogP) is 0.193. The molecule has 3 aromatic rings. The Bertz CT molecular complexity index is 734. The Hall–Kier alpha value is -0.920. The van der Waals surface area contributed by atoms with Crippen molar-refractivity contribution in [3.63, 3.8) is 0 Å². The summed E-state index contributed by atoms with van der Waals surface area (Å²) in [6, 6.07) is 8.70. The molecule has 21 heavy (non-hydrogen) atoms. The van der Waals surface area contributed by atoms with Crippen molar-refractivity contribution < 1.29 is 33.7 Å². The van der Waals surface area contributed by atoms with E-state index in [0.717, 1.165) is 18.9 Å². The Kier molecular flexibility index (Phi) is 5.40. The van der Waals surface area contributed by atoms with E-state index >= 15 is 0 Å². The molecule has 3 rings (SSSR count). The Labute approximate surface area is 145 Å². The third-order valence-corrected chi connectivity index (χ3v) is 4.49. The molecule has 0 spiro atoms. The summed E-state index contributed by atoms with van der Waals surface area (Å²) < 4.78 is 4.39. The van der Waals surface area contributed by atoms with Gasteiger partial charge in [-0.3, -0.25) is 0 Å². The molecule has 1 N–H and O–H groups in total. The van der Waals surface area contributed by atoms with Gasteiger partial charge in [0.05, 0.1) is 13.1 Å². The molecule has 3 nitrogen and oxygen atoms in total. The number of aryl methyl sites for hydroxylation is 2. The molecule has 2 heterocycles. The summed E-state index contributed by atoms with van der Waals surface area (Å²) in [4.78, 5) is 0. The minimum Gasteiger partial charge on any atom is -1.00 e. The van der Waals surface area contributed by atoms with Gasteiger partial charge in [-0.05, 0) is 60.0 Å². The van der Waals surface area contributed by atoms with Crippen LogP contribution in [0.4, 0.5) is 0 Å². The molecule has 112 valence electrons. The van der Waals surface area contributed by atoms with Crippen LogP contribution in [0.15, 0.2) is 35.0 Å². The number of aliphatic hydroxyl groups is 1. The minimum absolute atomic E-state index is 0. The summed E-state index contributed by atoms with van der Waals surface area (Å²) in [6.45, 7) is 6.05. The van der Waals surface area contributed by atoms with Crippen molar-refractivity contribution in [3.05, 3.63) is 40.8 Å². The summed E-state index contributed by atoms with van der Waals surface area (Å²) in [5.74, 6) is 0.979. The molecule has 0 fully saturated rings. The summed E-state index contributed by atoms with van der Waals surface area (Å²) in [6.07, 6.45) is 0. The van der Waals surface area contributed by atoms with Crippen LogP contribution in [0.25, 0.3) is 22.2 Å². The molecule has 1 aromatic carbocycles. The number of benzene rings is 1. The number of nitrogens with zero attached hydrogens (tertiary/aromatic N) is 2. The van der Waals surface area contributed by atoms with Gasteiger partial charge in [0.25, 0.3) is 5.82 Å². The van der Waals surface area contributed by atoms with E-state index < -0.39 is 0 Å². The molecular weight excluding hydrogens is 395 g/mol. The van der Waals surface area contributed by atoms with Crippen LogP contribution in [0.2, 0.25) is 0 Å². The molecule has 0 aliphatic carbocycles. The van der Waals surface area contributed by atoms with Crippen molar-refractivity contribution in [1.29, 1.82) is 0 Å². The highest BCUT2D eigenvalue weighted by atomic mass is 127. The third-order valence-electron chi connectivity index (χ3n) is 3.81. The zero-order valence-electron chi connectivity index (χ0n) is 12.2. The quantitative estimate of drug-likeness (QED) is 0.480. The Morgan fingerprint density at radius 3 is 2.57 bits per heavy atom. The first-order chi connectivity index (χ1) is 9.80. The van der Waals surface area contributed by atoms with Gasteiger partial charge in [-0.25, -0.2) is 9.13 Å². The molecule has 0 amide bonds. The second kappa shape index (κ2) is 6.89. The van der Waals surface area contributed by atoms with Gasteiger partial charge in [-0.15, -0.1) is 0 Å². The Balaban J connectivity index is 0.00000161. The topological polar surface area (TPSA) is 29.0 Å². The van der Waals surface area contributed by atoms with Gasteiger partial charge in [0.2, 0.25) is 0 Å². The maximum absolute atomic E-state index is 9.68. The lowest BCUT2D eigenvalue weighted by molar-refractivity contribution is -0.678. The maximum atomic E-state index is 9.68. The van der Waals surface area contributed by atoms with Crippen LogP contribution in [0.3, 0.4) is 0 Å². The summed E-state index contributed by atoms with van der Waals surface area (Å²) in [7, 11) is 0. The molecule has 0 atom stereocenters. The monoisotopic (exact) mass is 414 g/mol. The number of imidazole rings is 1. The highest BCUT2D eigenvalue weighted by Gasteiger charge is 2.22. The molecule has 0 aliphatic heterocycles. The zero-order valence-corrected chi connectivity index (χ0v) is 15.2. The predicted molar refractivity (Wildman–Crippen MR) is 82.7 cm³/mol. The van der Waals surface area contributed by atoms with Crippen LogP contribution < -0.4 is 28.5 Å². The zero-order chi connectivity index (χ0) is 14.1. The molecule has 0 aliphatic rings. The van der Waals surface area contributed by atoms with Gasteiger partial charge in [0, 0.05) is 0 Å². The van der Waals surface area contributed by atoms with Crippen molar-refractivity contribution in [2.45, 2.75) is 33.5 Å². The van der Waals surface area contributed by atoms with E-state index in [9.17, 15) is 5.11 Å². The van der Waals surface area contributed by atoms with Crippen LogP contribution in [0, 0.1) is 0 Å². The average molecular weight is 414 g/mol. The lowest BCUT2D eigenvalue weighted by Gasteiger charge is -1.98. The number of hydrogen-bond donors (Lipinski definition) is 1. The first-order valence-corrected chi connectivity index (χ1v) is 7.92. The molecular formula is C16H19IN2OS. The summed E-state index contributed by atoms with van der Waals surface area (Å²) in [5, 5.41) is 13.9. The number of aliphatic hydroxyl groups excluding tert-OH is 1. The third kappa shape index (κ3) is 2.74. The molecule has 2 aromatic heterocycles. The van der Waals surface area contributed by atoms with E-state index in [1.165, 1.54) is 22.2 Å². The van der Waals surface area contributed by atoms with Crippen molar-refractivity contribution in [1.82, 2.24) is 4.57 Å². The van der Waals surface area contributed by atoms with Crippen LogP contribution in [-0.4, -0.2) is 9.67 Å². The summed E-state index contributed by atoms with van der Waals surface area (Å²) in [5.41, 5.74) is 4.88. The second-order valence-electron chi connectivity index (χ2n) is 4.78. The van der Waals surface area contributed by atoms with Gasteiger partial charge < -0.3 is 29.1 Å². The Morgan fingerprint density at radius 1 is 1.19 bits per heavy atom. The molecule has 0 radical (unpaired) electrons. The van der Waals surface area contributed by atoms with E-state index in [0.29, 0.717) is 0 Å². The van der Waals surface area contributed by atoms with Crippen molar-refractivity contribution >= 4 is 22.4 Å². The van der Waals surface area contributed by atoms with Gasteiger partial charge >= 0.3 is 0 Å². The van der Waals surface area contributed by atoms with Gasteiger partial charge in [0.1, 0.15) is 6.61 Å². The lowest BCUT2D eigenvalue weighted by Crippen LogP contribution is -3.00. The first kappa shape index (κ1) is 16.5. The van der Waals surface area contributed by atoms with Gasteiger partial charge in [-0.1, -0.05) is 0 Å². The molecule has 0 saturated carbocycles. The smallest absolute Gasteiger partial charge is 0.283 e. The maximum Gasteiger partial charge on any atom is 0.283 e. The van der Waals surface area contributed by atoms with Crippen LogP contribution in [0.5, 0.6) is 0 Å². The van der Waals surface area contributed by atoms with Crippen LogP contribution in [0.1, 0.15) is 19.7 Å². The number of halogens is 1. The van der Waals surface area contributed by atoms with E-state index in [4.69, 9.17) is 0 Å². The van der Waals surface area contributed by atoms with Crippen molar-refractivity contribution in [2.24, 2.45) is 0 Å². The fraction of sp³-hybridized carbons (Fsp3) is 0.312. The highest BCUT2D eigenvalue weighted by molar-refractivity contribution is 7.08. The standard InChI is InChI=1S/C16H19N2OS.HI/c1-3-17-14-6-5-12(13-7-8-20-11-13)9-15(14)18(4-2)16(17)10-19;/h5-9,11,19H,3-4,10H2,1-2H3;1H/q+1;/p-1. The number of rotatable bonds is 4. The van der Waals surface area contributed by atoms with E-state index in [1.54, 1.807) is 11.3 Å². The average Bonchev–Trinajstić information content (AvgIpc) is 3.11. The molecule has 0 unspecified atom stereocenters. The van der Waals surface area contributed by atoms with Gasteiger partial charge in [0.15, 0.2) is 11.0 Å². The fourth-order valence-electron chi connectivity index (χ4n) is 2.88. The van der Waals surface area contributed by atoms with Crippen molar-refractivity contribution in [2.75, 3.05) is 0 Å². The minimum atomic E-state index is 0. The fourth-order valence-corrected chi connectivity index (χ4v) is 3.54. The van der Waals surface area contributed by atoms with Gasteiger partial charge in [-0.2, -0.15) is 11.3 Å². The lowest BCUT2D eigenvalue weighted by atomic mass is 10.1. The largest absolute Gasteiger partial charge is 1.00 e. The van der Waals surface area contributed by atoms with E-state index in [-0.39, 0.29) is 30.6 Å². The first-order valence-electron chi connectivity index (χ1n) is 6.98. The Morgan fingerprint density at radius 2 is 2.00 bits per heavy atom. The van der Waals surface area contributed by atoms with E-state index in [2.05, 4.69) is 58.0 Å². The van der Waals surface area contributed by atoms with E-state index in [1.807, 2.05) is 0 Å². The number of fused-ring (bicyclic) bond motifs is 1. The summed E-state index contributed by atoms with van der Waals surface area (Å²) >= 11 is 1.72. The normalized spacial score (nSPS) is 10.8. The number of aromatic nitrogens is 2. The molecule has 0 saturated heterocycles. The number of thiophene rings is 1. The SMILES string of the molecule is CCn1c(CO)[n+](CC)c2ccc(-c3ccsc3)cc21.[I-]. The molecule has 0 bridgehead atoms. The highest BCUT2D eigenvalue weighted by Crippen LogP contribution is 2.26. The number of hydrogen-bond acceptors (Lipinski definition) is 2. The van der Waals surface area contributed by atoms with Crippen LogP contribution in [-0.2, 0) is 19.7 Å². The second-order valence-corrected chi connectivity index (χ2v) is 5.56. The van der Waals surface area contributed by atoms with Crippen LogP contribution >= 0.6 is 11.3 Å².